The maximum atomic E-state index is 13.4. The van der Waals surface area contributed by atoms with E-state index in [1.165, 1.54) is 180 Å². The fourth-order valence-electron chi connectivity index (χ4n) is 12.7. The van der Waals surface area contributed by atoms with Gasteiger partial charge in [0.25, 0.3) is 5.79 Å². The van der Waals surface area contributed by atoms with Crippen LogP contribution in [-0.4, -0.2) is 215 Å². The lowest BCUT2D eigenvalue weighted by atomic mass is 9.88. The Balaban J connectivity index is 1.49. The van der Waals surface area contributed by atoms with Crippen LogP contribution in [-0.2, 0) is 42.8 Å². The number of amides is 2. The molecule has 3 saturated heterocycles. The molecule has 3 heterocycles. The summed E-state index contributed by atoms with van der Waals surface area (Å²) >= 11 is 0. The molecule has 0 aromatic rings. The second-order valence-electron chi connectivity index (χ2n) is 26.5. The number of rotatable bonds is 55. The third-order valence-corrected chi connectivity index (χ3v) is 18.5. The minimum atomic E-state index is -3.08. The summed E-state index contributed by atoms with van der Waals surface area (Å²) in [5.74, 6) is -6.14. The molecular formula is C69H128N2O21. The third-order valence-electron chi connectivity index (χ3n) is 18.5. The number of carboxylic acids is 1. The molecule has 23 nitrogen and oxygen atoms in total. The maximum Gasteiger partial charge on any atom is 0.364 e. The first-order valence-electron chi connectivity index (χ1n) is 36.1. The fourth-order valence-corrected chi connectivity index (χ4v) is 12.7. The number of hydrogen-bond acceptors (Lipinski definition) is 20. The lowest BCUT2D eigenvalue weighted by Gasteiger charge is -2.50. The summed E-state index contributed by atoms with van der Waals surface area (Å²) < 4.78 is 34.7. The normalized spacial score (nSPS) is 28.3. The Hall–Kier alpha value is -2.53. The Kier molecular flexibility index (Phi) is 45.4. The summed E-state index contributed by atoms with van der Waals surface area (Å²) in [4.78, 5) is 38.5. The van der Waals surface area contributed by atoms with Gasteiger partial charge >= 0.3 is 5.97 Å². The van der Waals surface area contributed by atoms with Crippen LogP contribution in [0.25, 0.3) is 0 Å². The van der Waals surface area contributed by atoms with Crippen molar-refractivity contribution in [3.05, 3.63) is 12.2 Å². The standard InChI is InChI=1S/C69H128N2O21/c1-4-6-8-10-12-14-16-17-18-19-20-21-22-23-24-25-26-27-28-29-30-31-32-33-35-37-39-41-43-56(79)71-50(51(76)42-40-38-36-34-15-13-11-9-7-5-2)48-87-66-61(83)60(82)63(55(47-74)89-66)90-67-62(84)65(59(81)54(46-73)88-67)92-69(68(85)86)44-52(77)57(70-49(3)75)64(91-69)58(80)53(78)45-72/h40,42,50-55,57-67,72-74,76-78,80-84H,4-39,41,43-48H2,1-3H3,(H,70,75)(H,71,79)(H,85,86)/b42-40+. The molecule has 0 spiro atoms. The molecule has 2 amide bonds. The Labute approximate surface area is 550 Å². The van der Waals surface area contributed by atoms with E-state index in [0.717, 1.165) is 51.9 Å². The monoisotopic (exact) mass is 1320 g/mol. The Morgan fingerprint density at radius 1 is 0.565 bits per heavy atom. The summed E-state index contributed by atoms with van der Waals surface area (Å²) in [6.45, 7) is 2.12. The molecule has 0 saturated carbocycles. The summed E-state index contributed by atoms with van der Waals surface area (Å²) in [7, 11) is 0. The van der Waals surface area contributed by atoms with E-state index in [1.54, 1.807) is 6.08 Å². The predicted octanol–water partition coefficient (Wildman–Crippen LogP) is 7.07. The van der Waals surface area contributed by atoms with E-state index in [-0.39, 0.29) is 12.3 Å². The van der Waals surface area contributed by atoms with Gasteiger partial charge in [-0.1, -0.05) is 244 Å². The van der Waals surface area contributed by atoms with Crippen LogP contribution in [0.1, 0.15) is 271 Å². The van der Waals surface area contributed by atoms with Gasteiger partial charge in [0.2, 0.25) is 11.8 Å². The van der Waals surface area contributed by atoms with Crippen molar-refractivity contribution < 1.29 is 104 Å². The second kappa shape index (κ2) is 49.9. The van der Waals surface area contributed by atoms with Gasteiger partial charge in [-0.25, -0.2) is 4.79 Å². The Morgan fingerprint density at radius 2 is 1.01 bits per heavy atom. The van der Waals surface area contributed by atoms with Crippen LogP contribution < -0.4 is 10.6 Å². The first-order valence-corrected chi connectivity index (χ1v) is 36.1. The zero-order valence-electron chi connectivity index (χ0n) is 56.4. The number of aliphatic hydroxyl groups is 11. The molecule has 0 aliphatic carbocycles. The van der Waals surface area contributed by atoms with Crippen molar-refractivity contribution >= 4 is 17.8 Å². The van der Waals surface area contributed by atoms with Gasteiger partial charge in [0.05, 0.1) is 50.7 Å². The molecule has 3 aliphatic rings. The largest absolute Gasteiger partial charge is 0.477 e. The predicted molar refractivity (Wildman–Crippen MR) is 348 cm³/mol. The van der Waals surface area contributed by atoms with Gasteiger partial charge in [0.15, 0.2) is 12.6 Å². The van der Waals surface area contributed by atoms with Crippen molar-refractivity contribution in [2.45, 2.75) is 381 Å². The quantitative estimate of drug-likeness (QED) is 0.0214. The van der Waals surface area contributed by atoms with E-state index in [9.17, 15) is 75.7 Å². The van der Waals surface area contributed by atoms with E-state index in [2.05, 4.69) is 24.5 Å². The van der Waals surface area contributed by atoms with Crippen LogP contribution in [0.2, 0.25) is 0 Å². The number of unbranched alkanes of at least 4 members (excludes halogenated alkanes) is 35. The number of carbonyl (C=O) groups excluding carboxylic acids is 2. The molecular weight excluding hydrogens is 1190 g/mol. The SMILES string of the molecule is CCCCCCCCCC/C=C/C(O)C(COC1OC(CO)C(OC2OC(CO)C(O)C(OC3(C(=O)O)CC(O)C(NC(C)=O)C(C(O)C(O)CO)O3)C2O)C(O)C1O)NC(=O)CCCCCCCCCCCCCCCCCCCCCCCCCCCCCC. The van der Waals surface area contributed by atoms with Gasteiger partial charge in [-0.3, -0.25) is 9.59 Å². The summed E-state index contributed by atoms with van der Waals surface area (Å²) in [5, 5.41) is 136. The van der Waals surface area contributed by atoms with E-state index in [1.807, 2.05) is 6.08 Å². The van der Waals surface area contributed by atoms with Gasteiger partial charge < -0.3 is 100 Å². The highest BCUT2D eigenvalue weighted by atomic mass is 16.8. The number of aliphatic carboxylic acids is 1. The summed E-state index contributed by atoms with van der Waals surface area (Å²) in [6.07, 6.45) is 20.1. The molecule has 3 rings (SSSR count). The van der Waals surface area contributed by atoms with Gasteiger partial charge in [0.1, 0.15) is 67.1 Å². The number of aliphatic hydroxyl groups excluding tert-OH is 11. The molecule has 3 fully saturated rings. The molecule has 92 heavy (non-hydrogen) atoms. The van der Waals surface area contributed by atoms with Gasteiger partial charge in [-0.2, -0.15) is 0 Å². The number of ether oxygens (including phenoxy) is 6. The van der Waals surface area contributed by atoms with Gasteiger partial charge in [-0.15, -0.1) is 0 Å². The first-order chi connectivity index (χ1) is 44.4. The number of allylic oxidation sites excluding steroid dienone is 1. The van der Waals surface area contributed by atoms with Crippen molar-refractivity contribution in [3.8, 4) is 0 Å². The average Bonchev–Trinajstić information content (AvgIpc) is 0.785. The Bertz CT molecular complexity index is 1910. The highest BCUT2D eigenvalue weighted by Gasteiger charge is 2.60. The van der Waals surface area contributed by atoms with Gasteiger partial charge in [0, 0.05) is 19.8 Å². The number of hydrogen-bond donors (Lipinski definition) is 14. The first kappa shape index (κ1) is 83.7. The molecule has 0 aromatic heterocycles. The van der Waals surface area contributed by atoms with Gasteiger partial charge in [-0.05, 0) is 19.3 Å². The molecule has 18 atom stereocenters. The van der Waals surface area contributed by atoms with Crippen molar-refractivity contribution in [3.63, 3.8) is 0 Å². The molecule has 540 valence electrons. The van der Waals surface area contributed by atoms with Crippen LogP contribution in [0.5, 0.6) is 0 Å². The van der Waals surface area contributed by atoms with Crippen molar-refractivity contribution in [2.75, 3.05) is 26.4 Å². The van der Waals surface area contributed by atoms with Crippen LogP contribution in [0.15, 0.2) is 12.2 Å². The van der Waals surface area contributed by atoms with E-state index < -0.39 is 155 Å². The van der Waals surface area contributed by atoms with Crippen molar-refractivity contribution in [1.82, 2.24) is 10.6 Å². The zero-order chi connectivity index (χ0) is 67.5. The molecule has 14 N–H and O–H groups in total. The smallest absolute Gasteiger partial charge is 0.364 e. The number of carboxylic acid groups (broad SMARTS) is 1. The number of nitrogens with one attached hydrogen (secondary N) is 2. The second-order valence-corrected chi connectivity index (χ2v) is 26.5. The molecule has 0 radical (unpaired) electrons. The topological polar surface area (TPSA) is 373 Å². The maximum absolute atomic E-state index is 13.4. The lowest BCUT2D eigenvalue weighted by molar-refractivity contribution is -0.386. The number of carbonyl (C=O) groups is 3. The molecule has 3 aliphatic heterocycles. The fraction of sp³-hybridized carbons (Fsp3) is 0.928. The highest BCUT2D eigenvalue weighted by Crippen LogP contribution is 2.39. The summed E-state index contributed by atoms with van der Waals surface area (Å²) in [5.41, 5.74) is 0. The average molecular weight is 1320 g/mol. The van der Waals surface area contributed by atoms with E-state index in [0.29, 0.717) is 12.8 Å². The van der Waals surface area contributed by atoms with Crippen LogP contribution in [0, 0.1) is 0 Å². The third kappa shape index (κ3) is 31.8. The molecule has 23 heteroatoms. The van der Waals surface area contributed by atoms with E-state index >= 15 is 0 Å². The van der Waals surface area contributed by atoms with Crippen LogP contribution >= 0.6 is 0 Å². The highest BCUT2D eigenvalue weighted by molar-refractivity contribution is 5.77. The molecule has 0 aromatic carbocycles. The Morgan fingerprint density at radius 3 is 1.45 bits per heavy atom. The van der Waals surface area contributed by atoms with E-state index in [4.69, 9.17) is 28.4 Å². The zero-order valence-corrected chi connectivity index (χ0v) is 56.4. The van der Waals surface area contributed by atoms with Crippen molar-refractivity contribution in [1.29, 1.82) is 0 Å². The molecule has 18 unspecified atom stereocenters. The van der Waals surface area contributed by atoms with Crippen LogP contribution in [0.4, 0.5) is 0 Å². The summed E-state index contributed by atoms with van der Waals surface area (Å²) in [6, 6.07) is -2.61. The van der Waals surface area contributed by atoms with Crippen LogP contribution in [0.3, 0.4) is 0 Å². The molecule has 0 bridgehead atoms. The van der Waals surface area contributed by atoms with Crippen molar-refractivity contribution in [2.24, 2.45) is 0 Å². The minimum absolute atomic E-state index is 0.205. The minimum Gasteiger partial charge on any atom is -0.477 e. The lowest BCUT2D eigenvalue weighted by Crippen LogP contribution is -2.70.